The van der Waals surface area contributed by atoms with Crippen molar-refractivity contribution in [2.75, 3.05) is 36.2 Å². The number of hydrogen-bond acceptors (Lipinski definition) is 7. The van der Waals surface area contributed by atoms with Crippen LogP contribution in [-0.2, 0) is 9.53 Å². The molecule has 2 aromatic rings. The van der Waals surface area contributed by atoms with Gasteiger partial charge >= 0.3 is 5.97 Å². The highest BCUT2D eigenvalue weighted by atomic mass is 32.2. The third-order valence-corrected chi connectivity index (χ3v) is 5.17. The molecule has 1 aliphatic heterocycles. The Morgan fingerprint density at radius 3 is 2.44 bits per heavy atom. The van der Waals surface area contributed by atoms with Crippen LogP contribution in [0.25, 0.3) is 0 Å². The van der Waals surface area contributed by atoms with Gasteiger partial charge in [-0.2, -0.15) is 0 Å². The van der Waals surface area contributed by atoms with E-state index in [-0.39, 0.29) is 11.7 Å². The van der Waals surface area contributed by atoms with Crippen LogP contribution in [0.15, 0.2) is 41.4 Å². The number of nitrogens with zero attached hydrogens (tertiary/aromatic N) is 3. The molecule has 142 valence electrons. The first-order chi connectivity index (χ1) is 13.2. The Morgan fingerprint density at radius 2 is 1.81 bits per heavy atom. The number of ether oxygens (including phenoxy) is 1. The van der Waals surface area contributed by atoms with E-state index in [4.69, 9.17) is 0 Å². The molecule has 1 saturated heterocycles. The van der Waals surface area contributed by atoms with Crippen molar-refractivity contribution in [2.24, 2.45) is 0 Å². The number of aromatic nitrogens is 2. The lowest BCUT2D eigenvalue weighted by molar-refractivity contribution is -0.113. The molecular weight excluding hydrogens is 364 g/mol. The molecule has 1 aromatic heterocycles. The highest BCUT2D eigenvalue weighted by molar-refractivity contribution is 7.99. The van der Waals surface area contributed by atoms with E-state index in [0.717, 1.165) is 18.9 Å². The summed E-state index contributed by atoms with van der Waals surface area (Å²) in [5.41, 5.74) is 1.06. The SMILES string of the molecule is COC(=O)c1ccc(NC(=O)CSc2ccc(N3CCCCC3)nn2)cc1. The zero-order chi connectivity index (χ0) is 19.1. The normalized spacial score (nSPS) is 13.9. The van der Waals surface area contributed by atoms with Gasteiger partial charge in [-0.3, -0.25) is 4.79 Å². The van der Waals surface area contributed by atoms with Crippen LogP contribution in [0, 0.1) is 0 Å². The lowest BCUT2D eigenvalue weighted by Gasteiger charge is -2.27. The van der Waals surface area contributed by atoms with E-state index in [0.29, 0.717) is 16.3 Å². The summed E-state index contributed by atoms with van der Waals surface area (Å²) in [4.78, 5) is 25.7. The Morgan fingerprint density at radius 1 is 1.07 bits per heavy atom. The van der Waals surface area contributed by atoms with Gasteiger partial charge in [-0.15, -0.1) is 10.2 Å². The largest absolute Gasteiger partial charge is 0.465 e. The molecule has 0 radical (unpaired) electrons. The molecule has 0 aliphatic carbocycles. The minimum absolute atomic E-state index is 0.146. The molecule has 1 aliphatic rings. The zero-order valence-corrected chi connectivity index (χ0v) is 16.0. The molecule has 1 fully saturated rings. The number of esters is 1. The number of carbonyl (C=O) groups is 2. The summed E-state index contributed by atoms with van der Waals surface area (Å²) in [5.74, 6) is 0.577. The van der Waals surface area contributed by atoms with Gasteiger partial charge in [-0.25, -0.2) is 4.79 Å². The van der Waals surface area contributed by atoms with Gasteiger partial charge in [0, 0.05) is 18.8 Å². The average molecular weight is 386 g/mol. The molecule has 2 heterocycles. The first-order valence-electron chi connectivity index (χ1n) is 8.85. The summed E-state index contributed by atoms with van der Waals surface area (Å²) in [5, 5.41) is 12.0. The quantitative estimate of drug-likeness (QED) is 0.603. The van der Waals surface area contributed by atoms with Crippen molar-refractivity contribution in [1.82, 2.24) is 10.2 Å². The van der Waals surface area contributed by atoms with Crippen molar-refractivity contribution in [3.05, 3.63) is 42.0 Å². The second kappa shape index (κ2) is 9.36. The third kappa shape index (κ3) is 5.43. The number of carbonyl (C=O) groups excluding carboxylic acids is 2. The van der Waals surface area contributed by atoms with Gasteiger partial charge in [0.05, 0.1) is 18.4 Å². The molecule has 0 unspecified atom stereocenters. The van der Waals surface area contributed by atoms with Gasteiger partial charge in [-0.1, -0.05) is 11.8 Å². The zero-order valence-electron chi connectivity index (χ0n) is 15.2. The van der Waals surface area contributed by atoms with Gasteiger partial charge < -0.3 is 15.0 Å². The molecule has 7 nitrogen and oxygen atoms in total. The van der Waals surface area contributed by atoms with Crippen LogP contribution in [0.3, 0.4) is 0 Å². The third-order valence-electron chi connectivity index (χ3n) is 4.25. The van der Waals surface area contributed by atoms with Crippen molar-refractivity contribution in [2.45, 2.75) is 24.3 Å². The first kappa shape index (κ1) is 19.2. The summed E-state index contributed by atoms with van der Waals surface area (Å²) in [6.45, 7) is 2.05. The molecule has 0 bridgehead atoms. The van der Waals surface area contributed by atoms with Gasteiger partial charge in [0.15, 0.2) is 5.82 Å². The number of thioether (sulfide) groups is 1. The predicted molar refractivity (Wildman–Crippen MR) is 105 cm³/mol. The summed E-state index contributed by atoms with van der Waals surface area (Å²) in [6, 6.07) is 10.4. The van der Waals surface area contributed by atoms with Crippen LogP contribution >= 0.6 is 11.8 Å². The number of rotatable bonds is 6. The van der Waals surface area contributed by atoms with Crippen molar-refractivity contribution in [3.63, 3.8) is 0 Å². The molecular formula is C19H22N4O3S. The number of hydrogen-bond donors (Lipinski definition) is 1. The summed E-state index contributed by atoms with van der Waals surface area (Å²) in [7, 11) is 1.33. The van der Waals surface area contributed by atoms with E-state index in [2.05, 4.69) is 25.2 Å². The molecule has 1 amide bonds. The average Bonchev–Trinajstić information content (AvgIpc) is 2.73. The van der Waals surface area contributed by atoms with E-state index in [1.807, 2.05) is 12.1 Å². The highest BCUT2D eigenvalue weighted by Crippen LogP contribution is 2.20. The fourth-order valence-electron chi connectivity index (χ4n) is 2.83. The smallest absolute Gasteiger partial charge is 0.337 e. The minimum Gasteiger partial charge on any atom is -0.465 e. The molecule has 1 aromatic carbocycles. The molecule has 1 N–H and O–H groups in total. The number of piperidine rings is 1. The van der Waals surface area contributed by atoms with E-state index < -0.39 is 5.97 Å². The second-order valence-corrected chi connectivity index (χ2v) is 7.18. The molecule has 0 atom stereocenters. The maximum Gasteiger partial charge on any atom is 0.337 e. The predicted octanol–water partition coefficient (Wildman–Crippen LogP) is 2.98. The van der Waals surface area contributed by atoms with Crippen LogP contribution in [0.4, 0.5) is 11.5 Å². The molecule has 0 saturated carbocycles. The Kier molecular flexibility index (Phi) is 6.64. The number of anilines is 2. The van der Waals surface area contributed by atoms with Gasteiger partial charge in [-0.05, 0) is 55.7 Å². The topological polar surface area (TPSA) is 84.4 Å². The number of methoxy groups -OCH3 is 1. The summed E-state index contributed by atoms with van der Waals surface area (Å²) in [6.07, 6.45) is 3.66. The Labute approximate surface area is 162 Å². The van der Waals surface area contributed by atoms with Gasteiger partial charge in [0.1, 0.15) is 5.03 Å². The lowest BCUT2D eigenvalue weighted by atomic mass is 10.1. The molecule has 3 rings (SSSR count). The number of amides is 1. The fraction of sp³-hybridized carbons (Fsp3) is 0.368. The van der Waals surface area contributed by atoms with Crippen LogP contribution in [0.2, 0.25) is 0 Å². The number of nitrogens with one attached hydrogen (secondary N) is 1. The van der Waals surface area contributed by atoms with E-state index in [1.165, 1.54) is 38.1 Å². The van der Waals surface area contributed by atoms with Crippen LogP contribution in [0.5, 0.6) is 0 Å². The standard InChI is InChI=1S/C19H22N4O3S/c1-26-19(25)14-5-7-15(8-6-14)20-17(24)13-27-18-10-9-16(21-22-18)23-11-3-2-4-12-23/h5-10H,2-4,11-13H2,1H3,(H,20,24). The highest BCUT2D eigenvalue weighted by Gasteiger charge is 2.13. The van der Waals surface area contributed by atoms with E-state index in [9.17, 15) is 9.59 Å². The lowest BCUT2D eigenvalue weighted by Crippen LogP contribution is -2.30. The Balaban J connectivity index is 1.48. The van der Waals surface area contributed by atoms with Crippen LogP contribution in [-0.4, -0.2) is 48.0 Å². The number of benzene rings is 1. The van der Waals surface area contributed by atoms with Crippen molar-refractivity contribution in [1.29, 1.82) is 0 Å². The maximum atomic E-state index is 12.1. The van der Waals surface area contributed by atoms with Crippen LogP contribution < -0.4 is 10.2 Å². The Hall–Kier alpha value is -2.61. The van der Waals surface area contributed by atoms with Crippen molar-refractivity contribution < 1.29 is 14.3 Å². The van der Waals surface area contributed by atoms with Crippen LogP contribution in [0.1, 0.15) is 29.6 Å². The molecule has 27 heavy (non-hydrogen) atoms. The summed E-state index contributed by atoms with van der Waals surface area (Å²) < 4.78 is 4.65. The minimum atomic E-state index is -0.407. The summed E-state index contributed by atoms with van der Waals surface area (Å²) >= 11 is 1.34. The first-order valence-corrected chi connectivity index (χ1v) is 9.84. The molecule has 0 spiro atoms. The van der Waals surface area contributed by atoms with E-state index >= 15 is 0 Å². The van der Waals surface area contributed by atoms with Gasteiger partial charge in [0.2, 0.25) is 5.91 Å². The molecule has 8 heteroatoms. The second-order valence-electron chi connectivity index (χ2n) is 6.18. The van der Waals surface area contributed by atoms with Gasteiger partial charge in [0.25, 0.3) is 0 Å². The monoisotopic (exact) mass is 386 g/mol. The fourth-order valence-corrected chi connectivity index (χ4v) is 3.44. The Bertz CT molecular complexity index is 775. The van der Waals surface area contributed by atoms with E-state index in [1.54, 1.807) is 24.3 Å². The van der Waals surface area contributed by atoms with Crippen molar-refractivity contribution >= 4 is 35.1 Å². The van der Waals surface area contributed by atoms with Crippen molar-refractivity contribution in [3.8, 4) is 0 Å². The maximum absolute atomic E-state index is 12.1.